The number of amides is 4. The first-order valence-corrected chi connectivity index (χ1v) is 11.5. The Morgan fingerprint density at radius 1 is 0.647 bits per heavy atom. The van der Waals surface area contributed by atoms with Crippen molar-refractivity contribution in [2.75, 3.05) is 27.2 Å². The lowest BCUT2D eigenvalue weighted by Gasteiger charge is -2.30. The van der Waals surface area contributed by atoms with E-state index >= 15 is 0 Å². The summed E-state index contributed by atoms with van der Waals surface area (Å²) < 4.78 is 0. The molecule has 0 aromatic heterocycles. The minimum Gasteiger partial charge on any atom is -0.354 e. The van der Waals surface area contributed by atoms with Gasteiger partial charge in [-0.15, -0.1) is 0 Å². The maximum Gasteiger partial charge on any atom is 0.243 e. The molecule has 2 unspecified atom stereocenters. The van der Waals surface area contributed by atoms with Gasteiger partial charge in [0.15, 0.2) is 0 Å². The van der Waals surface area contributed by atoms with Crippen LogP contribution in [0.2, 0.25) is 0 Å². The van der Waals surface area contributed by atoms with Crippen molar-refractivity contribution in [2.45, 2.75) is 37.8 Å². The Kier molecular flexibility index (Phi) is 8.79. The summed E-state index contributed by atoms with van der Waals surface area (Å²) in [6, 6.07) is 17.5. The highest BCUT2D eigenvalue weighted by Crippen LogP contribution is 2.12. The van der Waals surface area contributed by atoms with Crippen molar-refractivity contribution in [3.63, 3.8) is 0 Å². The third-order valence-electron chi connectivity index (χ3n) is 6.15. The second-order valence-electron chi connectivity index (χ2n) is 8.50. The molecule has 1 aliphatic heterocycles. The van der Waals surface area contributed by atoms with E-state index in [1.54, 1.807) is 14.1 Å². The van der Waals surface area contributed by atoms with Crippen LogP contribution in [0.3, 0.4) is 0 Å². The van der Waals surface area contributed by atoms with Crippen molar-refractivity contribution < 1.29 is 19.2 Å². The van der Waals surface area contributed by atoms with Gasteiger partial charge in [0, 0.05) is 52.9 Å². The van der Waals surface area contributed by atoms with E-state index in [1.807, 2.05) is 60.7 Å². The first-order chi connectivity index (χ1) is 16.4. The van der Waals surface area contributed by atoms with E-state index in [1.165, 1.54) is 9.80 Å². The van der Waals surface area contributed by atoms with Crippen molar-refractivity contribution in [2.24, 2.45) is 0 Å². The average Bonchev–Trinajstić information content (AvgIpc) is 2.85. The largest absolute Gasteiger partial charge is 0.354 e. The third kappa shape index (κ3) is 6.66. The van der Waals surface area contributed by atoms with Crippen LogP contribution in [0.25, 0.3) is 0 Å². The number of benzene rings is 2. The van der Waals surface area contributed by atoms with Gasteiger partial charge >= 0.3 is 0 Å². The number of nitrogens with one attached hydrogen (secondary N) is 2. The van der Waals surface area contributed by atoms with Crippen LogP contribution in [0.15, 0.2) is 60.7 Å². The molecule has 2 aromatic rings. The summed E-state index contributed by atoms with van der Waals surface area (Å²) in [5.41, 5.74) is 1.85. The molecule has 0 radical (unpaired) electrons. The molecule has 2 aromatic carbocycles. The zero-order valence-corrected chi connectivity index (χ0v) is 19.7. The molecule has 0 aliphatic carbocycles. The molecule has 34 heavy (non-hydrogen) atoms. The van der Waals surface area contributed by atoms with Crippen LogP contribution in [-0.2, 0) is 32.0 Å². The van der Waals surface area contributed by atoms with Gasteiger partial charge in [0.1, 0.15) is 12.1 Å². The predicted molar refractivity (Wildman–Crippen MR) is 129 cm³/mol. The lowest BCUT2D eigenvalue weighted by atomic mass is 10.0. The summed E-state index contributed by atoms with van der Waals surface area (Å²) in [6.45, 7) is 0.240. The van der Waals surface area contributed by atoms with Gasteiger partial charge in [-0.3, -0.25) is 19.2 Å². The molecule has 2 atom stereocenters. The van der Waals surface area contributed by atoms with E-state index in [-0.39, 0.29) is 49.6 Å². The Balaban J connectivity index is 1.77. The van der Waals surface area contributed by atoms with Crippen molar-refractivity contribution in [3.05, 3.63) is 71.8 Å². The number of rotatable bonds is 4. The molecule has 8 heteroatoms. The summed E-state index contributed by atoms with van der Waals surface area (Å²) in [5.74, 6) is -1.09. The second-order valence-corrected chi connectivity index (χ2v) is 8.50. The van der Waals surface area contributed by atoms with Crippen molar-refractivity contribution in [3.8, 4) is 0 Å². The molecule has 1 saturated heterocycles. The number of carbonyl (C=O) groups is 4. The first kappa shape index (κ1) is 25.0. The van der Waals surface area contributed by atoms with E-state index in [9.17, 15) is 19.2 Å². The molecule has 2 N–H and O–H groups in total. The normalized spacial score (nSPS) is 21.0. The lowest BCUT2D eigenvalue weighted by Crippen LogP contribution is -2.52. The van der Waals surface area contributed by atoms with E-state index in [0.717, 1.165) is 11.1 Å². The zero-order chi connectivity index (χ0) is 24.5. The molecule has 0 saturated carbocycles. The molecular formula is C26H32N4O4. The standard InChI is InChI=1S/C26H32N4O4/c1-29-21(17-19-9-5-3-6-10-19)25(33)27-16-14-24(32)30(2)22(18-20-11-7-4-8-12-20)26(34)28-15-13-23(29)31/h3-12,21-22H,13-18H2,1-2H3,(H,27,33)(H,28,34). The van der Waals surface area contributed by atoms with Crippen molar-refractivity contribution in [1.29, 1.82) is 0 Å². The van der Waals surface area contributed by atoms with E-state index in [0.29, 0.717) is 12.8 Å². The molecule has 1 aliphatic rings. The summed E-state index contributed by atoms with van der Waals surface area (Å²) in [7, 11) is 3.20. The zero-order valence-electron chi connectivity index (χ0n) is 19.7. The molecule has 3 rings (SSSR count). The fraction of sp³-hybridized carbons (Fsp3) is 0.385. The highest BCUT2D eigenvalue weighted by molar-refractivity contribution is 5.90. The van der Waals surface area contributed by atoms with Crippen LogP contribution in [-0.4, -0.2) is 72.7 Å². The highest BCUT2D eigenvalue weighted by atomic mass is 16.2. The van der Waals surface area contributed by atoms with Gasteiger partial charge in [0.05, 0.1) is 0 Å². The fourth-order valence-electron chi connectivity index (χ4n) is 4.01. The smallest absolute Gasteiger partial charge is 0.243 e. The number of hydrogen-bond donors (Lipinski definition) is 2. The maximum atomic E-state index is 13.0. The Hall–Kier alpha value is -3.68. The Morgan fingerprint density at radius 3 is 1.35 bits per heavy atom. The minimum atomic E-state index is -0.716. The van der Waals surface area contributed by atoms with Gasteiger partial charge in [0.25, 0.3) is 0 Å². The van der Waals surface area contributed by atoms with Crippen LogP contribution in [0.5, 0.6) is 0 Å². The van der Waals surface area contributed by atoms with Crippen LogP contribution in [0.1, 0.15) is 24.0 Å². The predicted octanol–water partition coefficient (Wildman–Crippen LogP) is 1.15. The van der Waals surface area contributed by atoms with E-state index in [2.05, 4.69) is 10.6 Å². The van der Waals surface area contributed by atoms with Crippen molar-refractivity contribution >= 4 is 23.6 Å². The number of hydrogen-bond acceptors (Lipinski definition) is 4. The number of likely N-dealkylation sites (N-methyl/N-ethyl adjacent to an activating group) is 2. The Bertz CT molecular complexity index is 915. The molecule has 4 amide bonds. The van der Waals surface area contributed by atoms with E-state index < -0.39 is 12.1 Å². The van der Waals surface area contributed by atoms with Gasteiger partial charge in [-0.25, -0.2) is 0 Å². The molecule has 180 valence electrons. The van der Waals surface area contributed by atoms with Crippen LogP contribution in [0, 0.1) is 0 Å². The number of nitrogens with zero attached hydrogens (tertiary/aromatic N) is 2. The molecular weight excluding hydrogens is 432 g/mol. The fourth-order valence-corrected chi connectivity index (χ4v) is 4.01. The Morgan fingerprint density at radius 2 is 1.00 bits per heavy atom. The van der Waals surface area contributed by atoms with Crippen LogP contribution >= 0.6 is 0 Å². The topological polar surface area (TPSA) is 98.8 Å². The second kappa shape index (κ2) is 12.0. The van der Waals surface area contributed by atoms with Gasteiger partial charge in [-0.1, -0.05) is 60.7 Å². The first-order valence-electron chi connectivity index (χ1n) is 11.5. The van der Waals surface area contributed by atoms with Crippen LogP contribution < -0.4 is 10.6 Å². The van der Waals surface area contributed by atoms with E-state index in [4.69, 9.17) is 0 Å². The lowest BCUT2D eigenvalue weighted by molar-refractivity contribution is -0.141. The summed E-state index contributed by atoms with van der Waals surface area (Å²) in [6.07, 6.45) is 0.815. The highest BCUT2D eigenvalue weighted by Gasteiger charge is 2.30. The molecule has 8 nitrogen and oxygen atoms in total. The van der Waals surface area contributed by atoms with Crippen LogP contribution in [0.4, 0.5) is 0 Å². The summed E-state index contributed by atoms with van der Waals surface area (Å²) >= 11 is 0. The third-order valence-corrected chi connectivity index (χ3v) is 6.15. The molecule has 1 fully saturated rings. The Labute approximate surface area is 200 Å². The minimum absolute atomic E-state index is 0.0521. The van der Waals surface area contributed by atoms with Gasteiger partial charge in [-0.2, -0.15) is 0 Å². The summed E-state index contributed by atoms with van der Waals surface area (Å²) in [5, 5.41) is 5.61. The molecule has 0 bridgehead atoms. The quantitative estimate of drug-likeness (QED) is 0.709. The van der Waals surface area contributed by atoms with Gasteiger partial charge in [-0.05, 0) is 11.1 Å². The van der Waals surface area contributed by atoms with Gasteiger partial charge in [0.2, 0.25) is 23.6 Å². The molecule has 1 heterocycles. The summed E-state index contributed by atoms with van der Waals surface area (Å²) in [4.78, 5) is 54.5. The molecule has 0 spiro atoms. The van der Waals surface area contributed by atoms with Crippen molar-refractivity contribution in [1.82, 2.24) is 20.4 Å². The maximum absolute atomic E-state index is 13.0. The average molecular weight is 465 g/mol. The number of carbonyl (C=O) groups excluding carboxylic acids is 4. The SMILES string of the molecule is CN1C(=O)CCNC(=O)C(Cc2ccccc2)N(C)C(=O)CCNC(=O)C1Cc1ccccc1. The monoisotopic (exact) mass is 464 g/mol. The van der Waals surface area contributed by atoms with Gasteiger partial charge < -0.3 is 20.4 Å².